The number of piperidine rings is 1. The second-order valence-electron chi connectivity index (χ2n) is 4.90. The Morgan fingerprint density at radius 1 is 1.50 bits per heavy atom. The van der Waals surface area contributed by atoms with Gasteiger partial charge in [0.25, 0.3) is 5.91 Å². The average Bonchev–Trinajstić information content (AvgIpc) is 2.46. The summed E-state index contributed by atoms with van der Waals surface area (Å²) in [5.41, 5.74) is 0.698. The van der Waals surface area contributed by atoms with E-state index in [4.69, 9.17) is 10.4 Å². The number of hydrogen-bond donors (Lipinski definition) is 1. The maximum atomic E-state index is 12.3. The highest BCUT2D eigenvalue weighted by atomic mass is 16.4. The number of carboxylic acid groups (broad SMARTS) is 1. The molecule has 104 valence electrons. The number of aromatic nitrogens is 1. The predicted molar refractivity (Wildman–Crippen MR) is 69.8 cm³/mol. The van der Waals surface area contributed by atoms with Gasteiger partial charge in [-0.05, 0) is 30.9 Å². The topological polar surface area (TPSA) is 94.3 Å². The van der Waals surface area contributed by atoms with Crippen LogP contribution in [0.15, 0.2) is 18.3 Å². The molecule has 1 amide bonds. The van der Waals surface area contributed by atoms with Gasteiger partial charge in [-0.15, -0.1) is 0 Å². The van der Waals surface area contributed by atoms with Gasteiger partial charge in [-0.2, -0.15) is 5.26 Å². The summed E-state index contributed by atoms with van der Waals surface area (Å²) in [4.78, 5) is 28.6. The summed E-state index contributed by atoms with van der Waals surface area (Å²) in [5, 5.41) is 17.5. The van der Waals surface area contributed by atoms with Crippen molar-refractivity contribution in [2.24, 2.45) is 5.92 Å². The van der Waals surface area contributed by atoms with Crippen LogP contribution < -0.4 is 0 Å². The Kier molecular flexibility index (Phi) is 4.31. The van der Waals surface area contributed by atoms with Gasteiger partial charge in [-0.3, -0.25) is 9.59 Å². The quantitative estimate of drug-likeness (QED) is 0.895. The molecular weight excluding hydrogens is 258 g/mol. The summed E-state index contributed by atoms with van der Waals surface area (Å²) < 4.78 is 0. The Balaban J connectivity index is 2.04. The molecule has 0 spiro atoms. The van der Waals surface area contributed by atoms with E-state index in [0.29, 0.717) is 24.3 Å². The molecule has 6 nitrogen and oxygen atoms in total. The molecule has 0 bridgehead atoms. The zero-order valence-electron chi connectivity index (χ0n) is 11.0. The van der Waals surface area contributed by atoms with Gasteiger partial charge in [0.1, 0.15) is 11.8 Å². The van der Waals surface area contributed by atoms with Gasteiger partial charge >= 0.3 is 5.97 Å². The summed E-state index contributed by atoms with van der Waals surface area (Å²) in [6.07, 6.45) is 3.09. The fraction of sp³-hybridized carbons (Fsp3) is 0.429. The molecule has 1 unspecified atom stereocenters. The molecule has 1 aliphatic heterocycles. The van der Waals surface area contributed by atoms with E-state index in [0.717, 1.165) is 12.8 Å². The second kappa shape index (κ2) is 6.15. The van der Waals surface area contributed by atoms with Crippen LogP contribution in [0.5, 0.6) is 0 Å². The number of nitriles is 1. The molecule has 0 saturated carbocycles. The zero-order valence-corrected chi connectivity index (χ0v) is 11.0. The Bertz CT molecular complexity index is 548. The number of pyridine rings is 1. The molecule has 0 aliphatic carbocycles. The standard InChI is InChI=1S/C14H15N3O3/c15-7-11-3-4-12(16-8-11)14(20)17-5-1-2-10(9-17)6-13(18)19/h3-4,8,10H,1-2,5-6,9H2,(H,18,19). The van der Waals surface area contributed by atoms with Gasteiger partial charge in [0, 0.05) is 25.7 Å². The third-order valence-electron chi connectivity index (χ3n) is 3.38. The number of carboxylic acids is 1. The van der Waals surface area contributed by atoms with Crippen molar-refractivity contribution in [2.45, 2.75) is 19.3 Å². The minimum absolute atomic E-state index is 0.00332. The highest BCUT2D eigenvalue weighted by Gasteiger charge is 2.26. The van der Waals surface area contributed by atoms with E-state index in [1.54, 1.807) is 11.0 Å². The Morgan fingerprint density at radius 2 is 2.30 bits per heavy atom. The molecule has 0 radical (unpaired) electrons. The first-order valence-corrected chi connectivity index (χ1v) is 6.47. The van der Waals surface area contributed by atoms with E-state index in [2.05, 4.69) is 4.98 Å². The molecule has 1 N–H and O–H groups in total. The van der Waals surface area contributed by atoms with Crippen molar-refractivity contribution in [3.8, 4) is 6.07 Å². The van der Waals surface area contributed by atoms with Gasteiger partial charge in [0.05, 0.1) is 5.56 Å². The van der Waals surface area contributed by atoms with E-state index in [1.165, 1.54) is 12.3 Å². The number of amides is 1. The first-order chi connectivity index (χ1) is 9.60. The fourth-order valence-electron chi connectivity index (χ4n) is 2.41. The predicted octanol–water partition coefficient (Wildman–Crippen LogP) is 1.28. The highest BCUT2D eigenvalue weighted by Crippen LogP contribution is 2.20. The van der Waals surface area contributed by atoms with E-state index in [9.17, 15) is 9.59 Å². The first-order valence-electron chi connectivity index (χ1n) is 6.47. The number of likely N-dealkylation sites (tertiary alicyclic amines) is 1. The van der Waals surface area contributed by atoms with Crippen molar-refractivity contribution in [2.75, 3.05) is 13.1 Å². The number of carbonyl (C=O) groups excluding carboxylic acids is 1. The maximum absolute atomic E-state index is 12.3. The van der Waals surface area contributed by atoms with Gasteiger partial charge in [-0.1, -0.05) is 0 Å². The van der Waals surface area contributed by atoms with Crippen molar-refractivity contribution in [1.29, 1.82) is 5.26 Å². The largest absolute Gasteiger partial charge is 0.481 e. The summed E-state index contributed by atoms with van der Waals surface area (Å²) >= 11 is 0. The summed E-state index contributed by atoms with van der Waals surface area (Å²) in [6, 6.07) is 5.03. The summed E-state index contributed by atoms with van der Waals surface area (Å²) in [6.45, 7) is 1.07. The minimum Gasteiger partial charge on any atom is -0.481 e. The van der Waals surface area contributed by atoms with Crippen LogP contribution in [-0.2, 0) is 4.79 Å². The molecule has 6 heteroatoms. The van der Waals surface area contributed by atoms with Gasteiger partial charge in [-0.25, -0.2) is 4.98 Å². The third kappa shape index (κ3) is 3.32. The lowest BCUT2D eigenvalue weighted by molar-refractivity contribution is -0.138. The van der Waals surface area contributed by atoms with Crippen LogP contribution in [-0.4, -0.2) is 40.0 Å². The monoisotopic (exact) mass is 273 g/mol. The molecule has 2 rings (SSSR count). The molecular formula is C14H15N3O3. The third-order valence-corrected chi connectivity index (χ3v) is 3.38. The SMILES string of the molecule is N#Cc1ccc(C(=O)N2CCCC(CC(=O)O)C2)nc1. The van der Waals surface area contributed by atoms with Crippen molar-refractivity contribution in [3.05, 3.63) is 29.6 Å². The van der Waals surface area contributed by atoms with Crippen molar-refractivity contribution >= 4 is 11.9 Å². The van der Waals surface area contributed by atoms with E-state index in [-0.39, 0.29) is 18.2 Å². The van der Waals surface area contributed by atoms with Crippen LogP contribution in [0.2, 0.25) is 0 Å². The second-order valence-corrected chi connectivity index (χ2v) is 4.90. The van der Waals surface area contributed by atoms with Crippen molar-refractivity contribution in [3.63, 3.8) is 0 Å². The fourth-order valence-corrected chi connectivity index (χ4v) is 2.41. The average molecular weight is 273 g/mol. The van der Waals surface area contributed by atoms with Gasteiger partial charge in [0.2, 0.25) is 0 Å². The Hall–Kier alpha value is -2.42. The number of rotatable bonds is 3. The number of hydrogen-bond acceptors (Lipinski definition) is 4. The van der Waals surface area contributed by atoms with Crippen molar-refractivity contribution in [1.82, 2.24) is 9.88 Å². The lowest BCUT2D eigenvalue weighted by Gasteiger charge is -2.31. The van der Waals surface area contributed by atoms with Crippen LogP contribution in [0, 0.1) is 17.2 Å². The maximum Gasteiger partial charge on any atom is 0.303 e. The van der Waals surface area contributed by atoms with E-state index in [1.807, 2.05) is 6.07 Å². The molecule has 1 fully saturated rings. The van der Waals surface area contributed by atoms with Crippen LogP contribution >= 0.6 is 0 Å². The summed E-state index contributed by atoms with van der Waals surface area (Å²) in [5.74, 6) is -1.03. The normalized spacial score (nSPS) is 18.4. The lowest BCUT2D eigenvalue weighted by atomic mass is 9.94. The number of carbonyl (C=O) groups is 2. The van der Waals surface area contributed by atoms with Crippen LogP contribution in [0.4, 0.5) is 0 Å². The van der Waals surface area contributed by atoms with Gasteiger partial charge < -0.3 is 10.0 Å². The summed E-state index contributed by atoms with van der Waals surface area (Å²) in [7, 11) is 0. The highest BCUT2D eigenvalue weighted by molar-refractivity contribution is 5.92. The Labute approximate surface area is 116 Å². The number of nitrogens with zero attached hydrogens (tertiary/aromatic N) is 3. The van der Waals surface area contributed by atoms with Crippen molar-refractivity contribution < 1.29 is 14.7 Å². The molecule has 20 heavy (non-hydrogen) atoms. The molecule has 0 aromatic carbocycles. The van der Waals surface area contributed by atoms with Gasteiger partial charge in [0.15, 0.2) is 0 Å². The molecule has 2 heterocycles. The molecule has 1 atom stereocenters. The molecule has 1 aromatic heterocycles. The van der Waals surface area contributed by atoms with E-state index >= 15 is 0 Å². The number of aliphatic carboxylic acids is 1. The van der Waals surface area contributed by atoms with Crippen LogP contribution in [0.3, 0.4) is 0 Å². The smallest absolute Gasteiger partial charge is 0.303 e. The van der Waals surface area contributed by atoms with Crippen LogP contribution in [0.25, 0.3) is 0 Å². The zero-order chi connectivity index (χ0) is 14.5. The van der Waals surface area contributed by atoms with E-state index < -0.39 is 5.97 Å². The lowest BCUT2D eigenvalue weighted by Crippen LogP contribution is -2.40. The molecule has 1 aromatic rings. The minimum atomic E-state index is -0.833. The Morgan fingerprint density at radius 3 is 2.90 bits per heavy atom. The molecule has 1 aliphatic rings. The van der Waals surface area contributed by atoms with Crippen LogP contribution in [0.1, 0.15) is 35.3 Å². The first kappa shape index (κ1) is 14.0. The molecule has 1 saturated heterocycles.